The number of aromatic nitrogens is 1. The first-order valence-corrected chi connectivity index (χ1v) is 13.3. The number of fused-ring (bicyclic) bond motifs is 1. The predicted octanol–water partition coefficient (Wildman–Crippen LogP) is 6.33. The Bertz CT molecular complexity index is 1440. The third-order valence-electron chi connectivity index (χ3n) is 6.82. The van der Waals surface area contributed by atoms with Crippen molar-refractivity contribution in [2.45, 2.75) is 46.3 Å². The van der Waals surface area contributed by atoms with Crippen molar-refractivity contribution in [2.24, 2.45) is 5.92 Å². The fourth-order valence-electron chi connectivity index (χ4n) is 4.87. The van der Waals surface area contributed by atoms with Crippen molar-refractivity contribution in [3.05, 3.63) is 113 Å². The molecule has 1 N–H and O–H groups in total. The number of nitrogens with one attached hydrogen (secondary N) is 1. The van der Waals surface area contributed by atoms with Crippen molar-refractivity contribution >= 4 is 17.5 Å². The Labute approximate surface area is 228 Å². The Hall–Kier alpha value is -4.39. The van der Waals surface area contributed by atoms with Crippen LogP contribution in [0.4, 0.5) is 5.69 Å². The van der Waals surface area contributed by atoms with Gasteiger partial charge in [-0.1, -0.05) is 67.9 Å². The van der Waals surface area contributed by atoms with E-state index in [2.05, 4.69) is 61.4 Å². The second-order valence-corrected chi connectivity index (χ2v) is 10.3. The lowest BCUT2D eigenvalue weighted by molar-refractivity contribution is -0.134. The van der Waals surface area contributed by atoms with E-state index in [1.165, 1.54) is 17.4 Å². The van der Waals surface area contributed by atoms with Crippen LogP contribution in [-0.2, 0) is 17.8 Å². The number of amides is 2. The summed E-state index contributed by atoms with van der Waals surface area (Å²) in [7, 11) is 0. The smallest absolute Gasteiger partial charge is 0.277 e. The monoisotopic (exact) mass is 523 g/mol. The van der Waals surface area contributed by atoms with Gasteiger partial charge in [-0.3, -0.25) is 9.59 Å². The van der Waals surface area contributed by atoms with Gasteiger partial charge in [-0.15, -0.1) is 0 Å². The van der Waals surface area contributed by atoms with Gasteiger partial charge in [0.1, 0.15) is 12.0 Å². The lowest BCUT2D eigenvalue weighted by atomic mass is 9.87. The molecule has 0 spiro atoms. The van der Waals surface area contributed by atoms with E-state index in [9.17, 15) is 9.59 Å². The Morgan fingerprint density at radius 2 is 1.85 bits per heavy atom. The van der Waals surface area contributed by atoms with Gasteiger partial charge in [0.15, 0.2) is 12.3 Å². The summed E-state index contributed by atoms with van der Waals surface area (Å²) in [6.07, 6.45) is 2.63. The molecule has 3 aromatic carbocycles. The zero-order valence-corrected chi connectivity index (χ0v) is 22.5. The molecule has 0 saturated heterocycles. The van der Waals surface area contributed by atoms with Gasteiger partial charge in [0.2, 0.25) is 11.8 Å². The molecule has 0 bridgehead atoms. The summed E-state index contributed by atoms with van der Waals surface area (Å²) in [6.45, 7) is 6.96. The van der Waals surface area contributed by atoms with Gasteiger partial charge in [0.05, 0.1) is 6.04 Å². The van der Waals surface area contributed by atoms with Gasteiger partial charge in [-0.25, -0.2) is 4.98 Å². The molecule has 1 aliphatic rings. The topological polar surface area (TPSA) is 84.7 Å². The van der Waals surface area contributed by atoms with Gasteiger partial charge in [0, 0.05) is 18.7 Å². The predicted molar refractivity (Wildman–Crippen MR) is 150 cm³/mol. The molecule has 1 unspecified atom stereocenters. The van der Waals surface area contributed by atoms with E-state index < -0.39 is 0 Å². The Kier molecular flexibility index (Phi) is 7.77. The average Bonchev–Trinajstić information content (AvgIpc) is 3.41. The number of oxazole rings is 1. The maximum absolute atomic E-state index is 13.3. The van der Waals surface area contributed by atoms with Crippen LogP contribution >= 0.6 is 0 Å². The Morgan fingerprint density at radius 1 is 1.08 bits per heavy atom. The Morgan fingerprint density at radius 3 is 2.59 bits per heavy atom. The molecule has 1 aromatic heterocycles. The standard InChI is InChI=1S/C32H33N3O4/c1-21(2)17-30(36)35-16-15-23-13-14-26(18-27(23)31(35)24-11-9-22(3)10-12-24)38-20-29-34-28(19-39-29)32(37)33-25-7-5-4-6-8-25/h4-14,18-19,21,31H,15-17,20H2,1-3H3,(H,33,37). The van der Waals surface area contributed by atoms with E-state index in [-0.39, 0.29) is 36.1 Å². The van der Waals surface area contributed by atoms with Crippen molar-refractivity contribution in [1.82, 2.24) is 9.88 Å². The first-order chi connectivity index (χ1) is 18.9. The molecule has 5 rings (SSSR count). The van der Waals surface area contributed by atoms with E-state index in [1.807, 2.05) is 35.2 Å². The molecule has 7 heteroatoms. The number of para-hydroxylation sites is 1. The average molecular weight is 524 g/mol. The number of ether oxygens (including phenoxy) is 1. The number of rotatable bonds is 8. The maximum Gasteiger partial charge on any atom is 0.277 e. The molecule has 0 fully saturated rings. The number of nitrogens with zero attached hydrogens (tertiary/aromatic N) is 2. The normalized spacial score (nSPS) is 14.7. The second-order valence-electron chi connectivity index (χ2n) is 10.3. The minimum atomic E-state index is -0.350. The summed E-state index contributed by atoms with van der Waals surface area (Å²) in [5.41, 5.74) is 5.39. The molecule has 7 nitrogen and oxygen atoms in total. The summed E-state index contributed by atoms with van der Waals surface area (Å²) in [5.74, 6) is 1.05. The van der Waals surface area contributed by atoms with Crippen LogP contribution in [0.2, 0.25) is 0 Å². The summed E-state index contributed by atoms with van der Waals surface area (Å²) >= 11 is 0. The molecular weight excluding hydrogens is 490 g/mol. The summed E-state index contributed by atoms with van der Waals surface area (Å²) in [6, 6.07) is 23.4. The molecule has 39 heavy (non-hydrogen) atoms. The van der Waals surface area contributed by atoms with Crippen LogP contribution in [0.25, 0.3) is 0 Å². The molecule has 2 heterocycles. The highest BCUT2D eigenvalue weighted by Crippen LogP contribution is 2.38. The van der Waals surface area contributed by atoms with Gasteiger partial charge < -0.3 is 19.4 Å². The number of carbonyl (C=O) groups excluding carboxylic acids is 2. The third-order valence-corrected chi connectivity index (χ3v) is 6.82. The first kappa shape index (κ1) is 26.2. The molecule has 200 valence electrons. The number of anilines is 1. The lowest BCUT2D eigenvalue weighted by Crippen LogP contribution is -2.41. The highest BCUT2D eigenvalue weighted by molar-refractivity contribution is 6.02. The minimum Gasteiger partial charge on any atom is -0.484 e. The molecule has 1 atom stereocenters. The first-order valence-electron chi connectivity index (χ1n) is 13.3. The number of hydrogen-bond donors (Lipinski definition) is 1. The number of benzene rings is 3. The minimum absolute atomic E-state index is 0.0720. The molecule has 0 radical (unpaired) electrons. The molecular formula is C32H33N3O4. The number of hydrogen-bond acceptors (Lipinski definition) is 5. The van der Waals surface area contributed by atoms with Gasteiger partial charge in [-0.05, 0) is 60.2 Å². The van der Waals surface area contributed by atoms with Crippen LogP contribution in [0.5, 0.6) is 5.75 Å². The molecule has 0 aliphatic carbocycles. The number of carbonyl (C=O) groups is 2. The molecule has 2 amide bonds. The maximum atomic E-state index is 13.3. The zero-order chi connectivity index (χ0) is 27.4. The van der Waals surface area contributed by atoms with Crippen molar-refractivity contribution in [3.8, 4) is 5.75 Å². The van der Waals surface area contributed by atoms with Gasteiger partial charge in [-0.2, -0.15) is 0 Å². The van der Waals surface area contributed by atoms with Crippen LogP contribution < -0.4 is 10.1 Å². The van der Waals surface area contributed by atoms with E-state index in [0.717, 1.165) is 17.5 Å². The summed E-state index contributed by atoms with van der Waals surface area (Å²) in [4.78, 5) is 32.1. The fourth-order valence-corrected chi connectivity index (χ4v) is 4.87. The van der Waals surface area contributed by atoms with E-state index >= 15 is 0 Å². The van der Waals surface area contributed by atoms with Crippen LogP contribution in [-0.4, -0.2) is 28.2 Å². The van der Waals surface area contributed by atoms with E-state index in [1.54, 1.807) is 12.1 Å². The third kappa shape index (κ3) is 6.20. The molecule has 4 aromatic rings. The summed E-state index contributed by atoms with van der Waals surface area (Å²) in [5, 5.41) is 2.79. The lowest BCUT2D eigenvalue weighted by Gasteiger charge is -2.38. The fraction of sp³-hybridized carbons (Fsp3) is 0.281. The van der Waals surface area contributed by atoms with Crippen molar-refractivity contribution in [3.63, 3.8) is 0 Å². The quantitative estimate of drug-likeness (QED) is 0.292. The van der Waals surface area contributed by atoms with E-state index in [4.69, 9.17) is 9.15 Å². The zero-order valence-electron chi connectivity index (χ0n) is 22.5. The van der Waals surface area contributed by atoms with Crippen molar-refractivity contribution in [1.29, 1.82) is 0 Å². The largest absolute Gasteiger partial charge is 0.484 e. The van der Waals surface area contributed by atoms with Gasteiger partial charge in [0.25, 0.3) is 5.91 Å². The number of aryl methyl sites for hydroxylation is 1. The molecule has 1 aliphatic heterocycles. The van der Waals surface area contributed by atoms with E-state index in [0.29, 0.717) is 30.3 Å². The van der Waals surface area contributed by atoms with Crippen LogP contribution in [0.3, 0.4) is 0 Å². The van der Waals surface area contributed by atoms with Crippen LogP contribution in [0.1, 0.15) is 64.9 Å². The van der Waals surface area contributed by atoms with Gasteiger partial charge >= 0.3 is 0 Å². The molecule has 0 saturated carbocycles. The van der Waals surface area contributed by atoms with Crippen LogP contribution in [0, 0.1) is 12.8 Å². The summed E-state index contributed by atoms with van der Waals surface area (Å²) < 4.78 is 11.5. The second kappa shape index (κ2) is 11.6. The SMILES string of the molecule is Cc1ccc(C2c3cc(OCc4nc(C(=O)Nc5ccccc5)co4)ccc3CCN2C(=O)CC(C)C)cc1. The van der Waals surface area contributed by atoms with Crippen LogP contribution in [0.15, 0.2) is 83.5 Å². The Balaban J connectivity index is 1.34. The van der Waals surface area contributed by atoms with Crippen molar-refractivity contribution < 1.29 is 18.7 Å². The highest BCUT2D eigenvalue weighted by atomic mass is 16.5. The van der Waals surface area contributed by atoms with Crippen molar-refractivity contribution in [2.75, 3.05) is 11.9 Å². The highest BCUT2D eigenvalue weighted by Gasteiger charge is 2.32.